The molecule has 1 heterocycles. The van der Waals surface area contributed by atoms with E-state index in [1.807, 2.05) is 67.5 Å². The Morgan fingerprint density at radius 2 is 1.81 bits per heavy atom. The number of anilines is 1. The number of rotatable bonds is 5. The Morgan fingerprint density at radius 3 is 2.30 bits per heavy atom. The number of hydrogen-bond donors (Lipinski definition) is 2. The van der Waals surface area contributed by atoms with E-state index in [9.17, 15) is 8.42 Å². The smallest absolute Gasteiger partial charge is 0.378 e. The van der Waals surface area contributed by atoms with Crippen LogP contribution < -0.4 is 4.90 Å². The van der Waals surface area contributed by atoms with Gasteiger partial charge in [0.1, 0.15) is 5.01 Å². The summed E-state index contributed by atoms with van der Waals surface area (Å²) in [6.07, 6.45) is 0. The van der Waals surface area contributed by atoms with Gasteiger partial charge in [-0.3, -0.25) is 9.96 Å². The first-order valence-corrected chi connectivity index (χ1v) is 10.2. The summed E-state index contributed by atoms with van der Waals surface area (Å²) in [5.74, 6) is 0. The van der Waals surface area contributed by atoms with Crippen molar-refractivity contribution in [2.75, 3.05) is 25.6 Å². The lowest BCUT2D eigenvalue weighted by Gasteiger charge is -2.12. The number of fused-ring (bicyclic) bond motifs is 1. The van der Waals surface area contributed by atoms with Crippen LogP contribution >= 0.6 is 11.3 Å². The molecule has 7 nitrogen and oxygen atoms in total. The second-order valence-corrected chi connectivity index (χ2v) is 7.76. The summed E-state index contributed by atoms with van der Waals surface area (Å²) >= 11 is 1.56. The highest BCUT2D eigenvalue weighted by atomic mass is 32.3. The highest BCUT2D eigenvalue weighted by molar-refractivity contribution is 7.80. The number of para-hydroxylation sites is 1. The Bertz CT molecular complexity index is 980. The van der Waals surface area contributed by atoms with Gasteiger partial charge in [-0.25, -0.2) is 9.17 Å². The summed E-state index contributed by atoms with van der Waals surface area (Å²) < 4.78 is 31.8. The molecule has 1 aromatic heterocycles. The van der Waals surface area contributed by atoms with Crippen molar-refractivity contribution in [2.45, 2.75) is 6.92 Å². The van der Waals surface area contributed by atoms with Crippen LogP contribution in [-0.2, 0) is 14.6 Å². The van der Waals surface area contributed by atoms with Gasteiger partial charge in [-0.05, 0) is 31.2 Å². The molecular formula is C18H21N3O4S2. The van der Waals surface area contributed by atoms with Crippen LogP contribution in [0.4, 0.5) is 5.69 Å². The first-order chi connectivity index (χ1) is 12.7. The molecule has 27 heavy (non-hydrogen) atoms. The van der Waals surface area contributed by atoms with Crippen LogP contribution in [-0.4, -0.2) is 44.4 Å². The Morgan fingerprint density at radius 1 is 1.19 bits per heavy atom. The first kappa shape index (κ1) is 21.0. The van der Waals surface area contributed by atoms with Crippen molar-refractivity contribution < 1.29 is 17.2 Å². The van der Waals surface area contributed by atoms with Crippen LogP contribution in [0.15, 0.2) is 48.5 Å². The molecule has 0 fully saturated rings. The topological polar surface area (TPSA) is 104 Å². The zero-order valence-electron chi connectivity index (χ0n) is 15.2. The summed E-state index contributed by atoms with van der Waals surface area (Å²) in [6.45, 7) is 1.44. The third kappa shape index (κ3) is 6.10. The average Bonchev–Trinajstić information content (AvgIpc) is 3.05. The standard InChI is InChI=1S/C16H15N3S.C2H6O4S/c1-19(2)12-9-7-11(8-10-12)15(17)16-18-13-5-3-4-6-14(13)20-16;1-2-6-7(3,4)5/h3-10,17H,1-2H3;2H2,1H3,(H,3,4,5). The molecule has 9 heteroatoms. The third-order valence-electron chi connectivity index (χ3n) is 3.45. The molecule has 0 saturated heterocycles. The van der Waals surface area contributed by atoms with Gasteiger partial charge in [0.05, 0.1) is 22.5 Å². The molecular weight excluding hydrogens is 386 g/mol. The van der Waals surface area contributed by atoms with Gasteiger partial charge >= 0.3 is 10.4 Å². The monoisotopic (exact) mass is 407 g/mol. The van der Waals surface area contributed by atoms with Crippen LogP contribution in [0.1, 0.15) is 17.5 Å². The summed E-state index contributed by atoms with van der Waals surface area (Å²) in [5, 5.41) is 9.08. The van der Waals surface area contributed by atoms with Crippen molar-refractivity contribution >= 4 is 43.4 Å². The van der Waals surface area contributed by atoms with E-state index in [1.165, 1.54) is 6.92 Å². The minimum absolute atomic E-state index is 0.0289. The lowest BCUT2D eigenvalue weighted by atomic mass is 10.1. The molecule has 0 aliphatic rings. The fourth-order valence-corrected chi connectivity index (χ4v) is 3.41. The molecule has 3 rings (SSSR count). The van der Waals surface area contributed by atoms with Crippen molar-refractivity contribution in [1.82, 2.24) is 4.98 Å². The minimum atomic E-state index is -4.17. The molecule has 3 aromatic rings. The lowest BCUT2D eigenvalue weighted by Crippen LogP contribution is -2.09. The normalized spacial score (nSPS) is 11.0. The molecule has 0 aliphatic heterocycles. The molecule has 0 saturated carbocycles. The number of thiazole rings is 1. The number of nitrogens with zero attached hydrogens (tertiary/aromatic N) is 2. The van der Waals surface area contributed by atoms with E-state index < -0.39 is 10.4 Å². The van der Waals surface area contributed by atoms with Crippen LogP contribution in [0.3, 0.4) is 0 Å². The maximum absolute atomic E-state index is 9.56. The van der Waals surface area contributed by atoms with Crippen LogP contribution in [0.25, 0.3) is 10.2 Å². The number of nitrogens with one attached hydrogen (secondary N) is 1. The first-order valence-electron chi connectivity index (χ1n) is 8.05. The molecule has 144 valence electrons. The van der Waals surface area contributed by atoms with Crippen molar-refractivity contribution in [2.24, 2.45) is 0 Å². The van der Waals surface area contributed by atoms with Crippen molar-refractivity contribution in [1.29, 1.82) is 5.41 Å². The molecule has 0 amide bonds. The molecule has 2 N–H and O–H groups in total. The van der Waals surface area contributed by atoms with Crippen molar-refractivity contribution in [3.05, 3.63) is 59.1 Å². The predicted octanol–water partition coefficient (Wildman–Crippen LogP) is 3.60. The van der Waals surface area contributed by atoms with Gasteiger partial charge in [0.25, 0.3) is 0 Å². The van der Waals surface area contributed by atoms with E-state index >= 15 is 0 Å². The number of hydrogen-bond acceptors (Lipinski definition) is 7. The Balaban J connectivity index is 0.000000321. The molecule has 0 unspecified atom stereocenters. The largest absolute Gasteiger partial charge is 0.397 e. The van der Waals surface area contributed by atoms with E-state index in [4.69, 9.17) is 9.96 Å². The average molecular weight is 408 g/mol. The van der Waals surface area contributed by atoms with Gasteiger partial charge in [0, 0.05) is 25.3 Å². The maximum Gasteiger partial charge on any atom is 0.397 e. The van der Waals surface area contributed by atoms with Gasteiger partial charge in [0.15, 0.2) is 0 Å². The highest BCUT2D eigenvalue weighted by Crippen LogP contribution is 2.24. The van der Waals surface area contributed by atoms with Gasteiger partial charge in [-0.15, -0.1) is 11.3 Å². The third-order valence-corrected chi connectivity index (χ3v) is 5.03. The molecule has 0 radical (unpaired) electrons. The molecule has 0 spiro atoms. The zero-order valence-corrected chi connectivity index (χ0v) is 16.8. The quantitative estimate of drug-likeness (QED) is 0.495. The number of aromatic nitrogens is 1. The summed E-state index contributed by atoms with van der Waals surface area (Å²) in [5.41, 5.74) is 3.47. The van der Waals surface area contributed by atoms with Crippen LogP contribution in [0.5, 0.6) is 0 Å². The van der Waals surface area contributed by atoms with E-state index in [2.05, 4.69) is 9.17 Å². The summed E-state index contributed by atoms with van der Waals surface area (Å²) in [6, 6.07) is 16.0. The molecule has 0 atom stereocenters. The predicted molar refractivity (Wildman–Crippen MR) is 109 cm³/mol. The molecule has 0 bridgehead atoms. The maximum atomic E-state index is 9.56. The summed E-state index contributed by atoms with van der Waals surface area (Å²) in [7, 11) is -0.159. The fourth-order valence-electron chi connectivity index (χ4n) is 2.18. The van der Waals surface area contributed by atoms with Gasteiger partial charge in [-0.2, -0.15) is 8.42 Å². The van der Waals surface area contributed by atoms with E-state index in [-0.39, 0.29) is 6.61 Å². The zero-order chi connectivity index (χ0) is 20.0. The van der Waals surface area contributed by atoms with E-state index in [0.29, 0.717) is 5.71 Å². The second kappa shape index (κ2) is 9.05. The molecule has 2 aromatic carbocycles. The Kier molecular flexibility index (Phi) is 7.03. The summed E-state index contributed by atoms with van der Waals surface area (Å²) in [4.78, 5) is 6.58. The lowest BCUT2D eigenvalue weighted by molar-refractivity contribution is 0.283. The van der Waals surface area contributed by atoms with Gasteiger partial charge in [0.2, 0.25) is 0 Å². The van der Waals surface area contributed by atoms with E-state index in [0.717, 1.165) is 26.5 Å². The van der Waals surface area contributed by atoms with Crippen LogP contribution in [0.2, 0.25) is 0 Å². The SMILES string of the molecule is CCOS(=O)(=O)O.CN(C)c1ccc(C(=N)c2nc3ccccc3s2)cc1. The second-order valence-electron chi connectivity index (χ2n) is 5.64. The Hall–Kier alpha value is -2.33. The Labute approximate surface area is 162 Å². The fraction of sp³-hybridized carbons (Fsp3) is 0.222. The van der Waals surface area contributed by atoms with Gasteiger partial charge in [-0.1, -0.05) is 24.3 Å². The van der Waals surface area contributed by atoms with Crippen molar-refractivity contribution in [3.63, 3.8) is 0 Å². The van der Waals surface area contributed by atoms with Crippen molar-refractivity contribution in [3.8, 4) is 0 Å². The highest BCUT2D eigenvalue weighted by Gasteiger charge is 2.10. The number of benzene rings is 2. The minimum Gasteiger partial charge on any atom is -0.378 e. The van der Waals surface area contributed by atoms with Crippen LogP contribution in [0, 0.1) is 5.41 Å². The van der Waals surface area contributed by atoms with Gasteiger partial charge < -0.3 is 4.90 Å². The van der Waals surface area contributed by atoms with E-state index in [1.54, 1.807) is 11.3 Å². The molecule has 0 aliphatic carbocycles.